The third kappa shape index (κ3) is 3.10. The van der Waals surface area contributed by atoms with Crippen molar-refractivity contribution < 1.29 is 18.7 Å². The molecule has 1 atom stereocenters. The Labute approximate surface area is 164 Å². The molecule has 29 heavy (non-hydrogen) atoms. The number of fused-ring (bicyclic) bond motifs is 4. The SMILES string of the molecule is O=C(O)n1cc(-c2ncc(F)c(N[C@@H]3CC4CCC3CC4)n2)c2cc(F)cnc21. The van der Waals surface area contributed by atoms with Crippen LogP contribution in [0.15, 0.2) is 24.7 Å². The molecule has 0 aliphatic heterocycles. The number of carboxylic acid groups (broad SMARTS) is 1. The van der Waals surface area contributed by atoms with Gasteiger partial charge in [0.1, 0.15) is 11.5 Å². The highest BCUT2D eigenvalue weighted by Crippen LogP contribution is 2.42. The Morgan fingerprint density at radius 3 is 2.66 bits per heavy atom. The number of rotatable bonds is 3. The fourth-order valence-electron chi connectivity index (χ4n) is 4.73. The number of nitrogens with zero attached hydrogens (tertiary/aromatic N) is 4. The molecule has 6 rings (SSSR count). The molecule has 3 aromatic heterocycles. The summed E-state index contributed by atoms with van der Waals surface area (Å²) < 4.78 is 29.1. The molecule has 2 bridgehead atoms. The predicted octanol–water partition coefficient (Wildman–Crippen LogP) is 4.29. The summed E-state index contributed by atoms with van der Waals surface area (Å²) in [6, 6.07) is 1.34. The first-order chi connectivity index (χ1) is 14.0. The zero-order valence-corrected chi connectivity index (χ0v) is 15.5. The zero-order valence-electron chi connectivity index (χ0n) is 15.5. The average Bonchev–Trinajstić information content (AvgIpc) is 3.09. The second-order valence-electron chi connectivity index (χ2n) is 7.88. The molecule has 9 heteroatoms. The van der Waals surface area contributed by atoms with Gasteiger partial charge in [-0.1, -0.05) is 12.8 Å². The molecule has 0 amide bonds. The van der Waals surface area contributed by atoms with Gasteiger partial charge in [-0.25, -0.2) is 33.1 Å². The van der Waals surface area contributed by atoms with Crippen LogP contribution in [0.1, 0.15) is 32.1 Å². The van der Waals surface area contributed by atoms with Gasteiger partial charge in [0.05, 0.1) is 12.4 Å². The van der Waals surface area contributed by atoms with Crippen molar-refractivity contribution in [2.45, 2.75) is 38.1 Å². The summed E-state index contributed by atoms with van der Waals surface area (Å²) in [5.74, 6) is 0.206. The fourth-order valence-corrected chi connectivity index (χ4v) is 4.73. The van der Waals surface area contributed by atoms with E-state index in [0.717, 1.165) is 36.2 Å². The largest absolute Gasteiger partial charge is 0.464 e. The van der Waals surface area contributed by atoms with E-state index < -0.39 is 17.7 Å². The number of hydrogen-bond acceptors (Lipinski definition) is 5. The van der Waals surface area contributed by atoms with E-state index in [4.69, 9.17) is 0 Å². The number of anilines is 1. The molecule has 3 fully saturated rings. The molecule has 3 saturated carbocycles. The van der Waals surface area contributed by atoms with Gasteiger partial charge in [0.25, 0.3) is 0 Å². The molecule has 0 unspecified atom stereocenters. The molecule has 3 aromatic rings. The van der Waals surface area contributed by atoms with Gasteiger partial charge in [0.15, 0.2) is 17.5 Å². The first-order valence-corrected chi connectivity index (χ1v) is 9.69. The van der Waals surface area contributed by atoms with E-state index in [1.54, 1.807) is 0 Å². The van der Waals surface area contributed by atoms with E-state index in [1.807, 2.05) is 0 Å². The van der Waals surface area contributed by atoms with Gasteiger partial charge in [0, 0.05) is 23.2 Å². The third-order valence-electron chi connectivity index (χ3n) is 6.17. The number of halogens is 2. The minimum Gasteiger partial charge on any atom is -0.464 e. The van der Waals surface area contributed by atoms with Crippen LogP contribution < -0.4 is 5.32 Å². The van der Waals surface area contributed by atoms with Gasteiger partial charge in [-0.2, -0.15) is 0 Å². The van der Waals surface area contributed by atoms with Gasteiger partial charge in [-0.05, 0) is 37.2 Å². The number of hydrogen-bond donors (Lipinski definition) is 2. The van der Waals surface area contributed by atoms with Gasteiger partial charge in [-0.3, -0.25) is 0 Å². The van der Waals surface area contributed by atoms with E-state index in [2.05, 4.69) is 20.3 Å². The molecule has 0 saturated heterocycles. The van der Waals surface area contributed by atoms with Crippen molar-refractivity contribution >= 4 is 22.9 Å². The van der Waals surface area contributed by atoms with Crippen LogP contribution in [0.2, 0.25) is 0 Å². The molecule has 150 valence electrons. The van der Waals surface area contributed by atoms with Crippen molar-refractivity contribution in [1.29, 1.82) is 0 Å². The topological polar surface area (TPSA) is 92.9 Å². The van der Waals surface area contributed by atoms with Crippen LogP contribution in [0.5, 0.6) is 0 Å². The normalized spacial score (nSPS) is 23.4. The van der Waals surface area contributed by atoms with Crippen LogP contribution >= 0.6 is 0 Å². The van der Waals surface area contributed by atoms with Crippen LogP contribution in [0.3, 0.4) is 0 Å². The summed E-state index contributed by atoms with van der Waals surface area (Å²) >= 11 is 0. The van der Waals surface area contributed by atoms with Crippen LogP contribution in [-0.4, -0.2) is 36.8 Å². The minimum absolute atomic E-state index is 0.0703. The second-order valence-corrected chi connectivity index (χ2v) is 7.88. The standard InChI is InChI=1S/C20H19F2N5O2/c21-12-6-13-14(9-27(20(28)29)19(13)24-7-12)17-23-8-15(22)18(26-17)25-16-5-10-1-3-11(16)4-2-10/h6-11,16H,1-5H2,(H,28,29)(H,23,25,26)/t10?,11?,16-/m1/s1. The maximum Gasteiger partial charge on any atom is 0.417 e. The zero-order chi connectivity index (χ0) is 20.1. The van der Waals surface area contributed by atoms with Crippen LogP contribution in [0.4, 0.5) is 19.4 Å². The summed E-state index contributed by atoms with van der Waals surface area (Å²) in [6.07, 6.45) is 7.75. The Kier molecular flexibility index (Phi) is 4.18. The average molecular weight is 399 g/mol. The monoisotopic (exact) mass is 399 g/mol. The van der Waals surface area contributed by atoms with Crippen molar-refractivity contribution in [1.82, 2.24) is 19.5 Å². The molecule has 0 aromatic carbocycles. The maximum atomic E-state index is 14.4. The Bertz CT molecular complexity index is 1110. The molecule has 3 aliphatic carbocycles. The molecular formula is C20H19F2N5O2. The lowest BCUT2D eigenvalue weighted by atomic mass is 9.68. The van der Waals surface area contributed by atoms with E-state index in [9.17, 15) is 18.7 Å². The molecular weight excluding hydrogens is 380 g/mol. The summed E-state index contributed by atoms with van der Waals surface area (Å²) in [6.45, 7) is 0. The molecule has 3 heterocycles. The molecule has 3 aliphatic rings. The van der Waals surface area contributed by atoms with Gasteiger partial charge < -0.3 is 10.4 Å². The molecule has 0 spiro atoms. The third-order valence-corrected chi connectivity index (χ3v) is 6.17. The van der Waals surface area contributed by atoms with Gasteiger partial charge in [-0.15, -0.1) is 0 Å². The predicted molar refractivity (Wildman–Crippen MR) is 102 cm³/mol. The van der Waals surface area contributed by atoms with Crippen LogP contribution in [0.25, 0.3) is 22.4 Å². The second kappa shape index (κ2) is 6.75. The van der Waals surface area contributed by atoms with Crippen molar-refractivity contribution in [3.63, 3.8) is 0 Å². The number of aromatic nitrogens is 4. The highest BCUT2D eigenvalue weighted by atomic mass is 19.1. The van der Waals surface area contributed by atoms with Crippen molar-refractivity contribution in [2.24, 2.45) is 11.8 Å². The van der Waals surface area contributed by atoms with E-state index >= 15 is 0 Å². The minimum atomic E-state index is -1.26. The first-order valence-electron chi connectivity index (χ1n) is 9.69. The highest BCUT2D eigenvalue weighted by Gasteiger charge is 2.36. The Morgan fingerprint density at radius 1 is 1.17 bits per heavy atom. The summed E-state index contributed by atoms with van der Waals surface area (Å²) in [4.78, 5) is 23.7. The fraction of sp³-hybridized carbons (Fsp3) is 0.400. The first kappa shape index (κ1) is 18.0. The number of pyridine rings is 1. The number of nitrogens with one attached hydrogen (secondary N) is 1. The summed E-state index contributed by atoms with van der Waals surface area (Å²) in [5.41, 5.74) is 0.350. The Morgan fingerprint density at radius 2 is 1.97 bits per heavy atom. The summed E-state index contributed by atoms with van der Waals surface area (Å²) in [7, 11) is 0. The Balaban J connectivity index is 1.55. The van der Waals surface area contributed by atoms with Crippen molar-refractivity contribution in [3.8, 4) is 11.4 Å². The van der Waals surface area contributed by atoms with Crippen LogP contribution in [-0.2, 0) is 0 Å². The van der Waals surface area contributed by atoms with Crippen molar-refractivity contribution in [3.05, 3.63) is 36.3 Å². The molecule has 2 N–H and O–H groups in total. The van der Waals surface area contributed by atoms with Gasteiger partial charge in [0.2, 0.25) is 0 Å². The smallest absolute Gasteiger partial charge is 0.417 e. The van der Waals surface area contributed by atoms with E-state index in [1.165, 1.54) is 25.1 Å². The Hall–Kier alpha value is -3.10. The molecule has 7 nitrogen and oxygen atoms in total. The molecule has 0 radical (unpaired) electrons. The van der Waals surface area contributed by atoms with Gasteiger partial charge >= 0.3 is 6.09 Å². The maximum absolute atomic E-state index is 14.4. The number of carbonyl (C=O) groups is 1. The van der Waals surface area contributed by atoms with Crippen LogP contribution in [0, 0.1) is 23.5 Å². The van der Waals surface area contributed by atoms with E-state index in [-0.39, 0.29) is 34.3 Å². The van der Waals surface area contributed by atoms with E-state index in [0.29, 0.717) is 11.8 Å². The highest BCUT2D eigenvalue weighted by molar-refractivity contribution is 5.97. The lowest BCUT2D eigenvalue weighted by Gasteiger charge is -2.42. The quantitative estimate of drug-likeness (QED) is 0.683. The lowest BCUT2D eigenvalue weighted by Crippen LogP contribution is -2.40. The van der Waals surface area contributed by atoms with Crippen molar-refractivity contribution in [2.75, 3.05) is 5.32 Å². The lowest BCUT2D eigenvalue weighted by molar-refractivity contribution is 0.157. The summed E-state index contributed by atoms with van der Waals surface area (Å²) in [5, 5.41) is 12.9.